The number of halogens is 2. The predicted molar refractivity (Wildman–Crippen MR) is 78.2 cm³/mol. The maximum absolute atomic E-state index is 13.6. The van der Waals surface area contributed by atoms with Crippen LogP contribution in [-0.2, 0) is 24.3 Å². The van der Waals surface area contributed by atoms with Gasteiger partial charge in [0, 0.05) is 6.07 Å². The largest absolute Gasteiger partial charge is 0.468 e. The van der Waals surface area contributed by atoms with E-state index in [1.807, 2.05) is 4.72 Å². The van der Waals surface area contributed by atoms with Crippen molar-refractivity contribution in [3.05, 3.63) is 29.8 Å². The minimum Gasteiger partial charge on any atom is -0.468 e. The maximum atomic E-state index is 13.6. The summed E-state index contributed by atoms with van der Waals surface area (Å²) in [5, 5.41) is 0. The number of methoxy groups -OCH3 is 1. The van der Waals surface area contributed by atoms with Gasteiger partial charge in [-0.25, -0.2) is 17.2 Å². The minimum atomic E-state index is -4.40. The van der Waals surface area contributed by atoms with E-state index >= 15 is 0 Å². The van der Waals surface area contributed by atoms with Crippen LogP contribution >= 0.6 is 0 Å². The molecule has 0 radical (unpaired) electrons. The van der Waals surface area contributed by atoms with Gasteiger partial charge in [0.05, 0.1) is 19.3 Å². The zero-order chi connectivity index (χ0) is 17.8. The third-order valence-electron chi connectivity index (χ3n) is 2.65. The van der Waals surface area contributed by atoms with E-state index in [1.54, 1.807) is 20.8 Å². The van der Waals surface area contributed by atoms with Crippen molar-refractivity contribution in [1.82, 2.24) is 4.72 Å². The lowest BCUT2D eigenvalue weighted by Crippen LogP contribution is -2.46. The fourth-order valence-corrected chi connectivity index (χ4v) is 2.80. The Labute approximate surface area is 133 Å². The average molecular weight is 351 g/mol. The quantitative estimate of drug-likeness (QED) is 0.788. The first-order valence-electron chi connectivity index (χ1n) is 6.65. The van der Waals surface area contributed by atoms with Gasteiger partial charge in [0.1, 0.15) is 22.6 Å². The third kappa shape index (κ3) is 5.85. The molecule has 0 aromatic heterocycles. The van der Waals surface area contributed by atoms with E-state index < -0.39 is 44.2 Å². The van der Waals surface area contributed by atoms with E-state index in [2.05, 4.69) is 4.74 Å². The average Bonchev–Trinajstić information content (AvgIpc) is 2.41. The molecule has 0 aliphatic rings. The molecule has 9 heteroatoms. The Morgan fingerprint density at radius 2 is 1.91 bits per heavy atom. The van der Waals surface area contributed by atoms with Gasteiger partial charge < -0.3 is 9.47 Å². The molecule has 23 heavy (non-hydrogen) atoms. The molecule has 0 saturated heterocycles. The Hall–Kier alpha value is -1.58. The fraction of sp³-hybridized carbons (Fsp3) is 0.500. The molecular formula is C14H19F2NO5S. The summed E-state index contributed by atoms with van der Waals surface area (Å²) < 4.78 is 62.8. The smallest absolute Gasteiger partial charge is 0.326 e. The second kappa shape index (κ2) is 7.33. The van der Waals surface area contributed by atoms with E-state index in [-0.39, 0.29) is 6.61 Å². The van der Waals surface area contributed by atoms with E-state index in [9.17, 15) is 22.0 Å². The van der Waals surface area contributed by atoms with Gasteiger partial charge in [-0.1, -0.05) is 0 Å². The van der Waals surface area contributed by atoms with Crippen LogP contribution in [-0.4, -0.2) is 39.7 Å². The van der Waals surface area contributed by atoms with Crippen molar-refractivity contribution in [2.45, 2.75) is 37.3 Å². The van der Waals surface area contributed by atoms with Gasteiger partial charge in [-0.2, -0.15) is 4.72 Å². The number of esters is 1. The number of rotatable bonds is 6. The molecule has 6 nitrogen and oxygen atoms in total. The Morgan fingerprint density at radius 1 is 1.30 bits per heavy atom. The summed E-state index contributed by atoms with van der Waals surface area (Å²) in [7, 11) is -3.32. The van der Waals surface area contributed by atoms with Gasteiger partial charge in [0.25, 0.3) is 0 Å². The molecule has 1 aromatic carbocycles. The predicted octanol–water partition coefficient (Wildman–Crippen LogP) is 1.60. The zero-order valence-corrected chi connectivity index (χ0v) is 14.0. The van der Waals surface area contributed by atoms with Gasteiger partial charge in [-0.3, -0.25) is 4.79 Å². The van der Waals surface area contributed by atoms with Crippen LogP contribution in [0.5, 0.6) is 0 Å². The van der Waals surface area contributed by atoms with E-state index in [0.717, 1.165) is 19.2 Å². The zero-order valence-electron chi connectivity index (χ0n) is 13.2. The normalized spacial score (nSPS) is 13.7. The lowest BCUT2D eigenvalue weighted by molar-refractivity contribution is -0.145. The summed E-state index contributed by atoms with van der Waals surface area (Å²) in [5.41, 5.74) is -0.626. The maximum Gasteiger partial charge on any atom is 0.326 e. The van der Waals surface area contributed by atoms with E-state index in [1.165, 1.54) is 0 Å². The van der Waals surface area contributed by atoms with Crippen molar-refractivity contribution in [3.63, 3.8) is 0 Å². The molecule has 0 heterocycles. The van der Waals surface area contributed by atoms with Crippen LogP contribution in [0.25, 0.3) is 0 Å². The minimum absolute atomic E-state index is 0.307. The van der Waals surface area contributed by atoms with Gasteiger partial charge in [-0.15, -0.1) is 0 Å². The molecule has 1 unspecified atom stereocenters. The van der Waals surface area contributed by atoms with Crippen LogP contribution in [0, 0.1) is 11.6 Å². The van der Waals surface area contributed by atoms with Crippen LogP contribution in [0.2, 0.25) is 0 Å². The van der Waals surface area contributed by atoms with Crippen LogP contribution < -0.4 is 4.72 Å². The number of carbonyl (C=O) groups excluding carboxylic acids is 1. The molecular weight excluding hydrogens is 332 g/mol. The number of sulfonamides is 1. The number of nitrogens with one attached hydrogen (secondary N) is 1. The van der Waals surface area contributed by atoms with E-state index in [0.29, 0.717) is 6.07 Å². The highest BCUT2D eigenvalue weighted by Crippen LogP contribution is 2.16. The molecule has 1 atom stereocenters. The summed E-state index contributed by atoms with van der Waals surface area (Å²) in [4.78, 5) is 10.9. The molecule has 0 spiro atoms. The van der Waals surface area contributed by atoms with E-state index in [4.69, 9.17) is 4.74 Å². The number of hydrogen-bond acceptors (Lipinski definition) is 5. The van der Waals surface area contributed by atoms with Crippen molar-refractivity contribution in [2.24, 2.45) is 0 Å². The SMILES string of the molecule is COC(=O)C(COC(C)(C)C)NS(=O)(=O)c1ccc(F)cc1F. The van der Waals surface area contributed by atoms with Crippen LogP contribution in [0.1, 0.15) is 20.8 Å². The third-order valence-corrected chi connectivity index (χ3v) is 4.15. The summed E-state index contributed by atoms with van der Waals surface area (Å²) in [6, 6.07) is 0.643. The Kier molecular flexibility index (Phi) is 6.20. The highest BCUT2D eigenvalue weighted by molar-refractivity contribution is 7.89. The van der Waals surface area contributed by atoms with Gasteiger partial charge >= 0.3 is 5.97 Å². The second-order valence-corrected chi connectivity index (χ2v) is 7.38. The Balaban J connectivity index is 3.03. The summed E-state index contributed by atoms with van der Waals surface area (Å²) in [6.07, 6.45) is 0. The van der Waals surface area contributed by atoms with Gasteiger partial charge in [-0.05, 0) is 32.9 Å². The van der Waals surface area contributed by atoms with Crippen molar-refractivity contribution < 1.29 is 31.5 Å². The number of benzene rings is 1. The summed E-state index contributed by atoms with van der Waals surface area (Å²) >= 11 is 0. The number of carbonyl (C=O) groups is 1. The molecule has 0 fully saturated rings. The fourth-order valence-electron chi connectivity index (χ4n) is 1.57. The Bertz CT molecular complexity index is 670. The lowest BCUT2D eigenvalue weighted by Gasteiger charge is -2.23. The first-order chi connectivity index (χ1) is 10.5. The van der Waals surface area contributed by atoms with Crippen molar-refractivity contribution in [3.8, 4) is 0 Å². The summed E-state index contributed by atoms with van der Waals surface area (Å²) in [5.74, 6) is -3.07. The number of ether oxygens (including phenoxy) is 2. The van der Waals surface area contributed by atoms with Gasteiger partial charge in [0.2, 0.25) is 10.0 Å². The molecule has 1 rings (SSSR count). The van der Waals surface area contributed by atoms with Crippen LogP contribution in [0.15, 0.2) is 23.1 Å². The molecule has 130 valence electrons. The highest BCUT2D eigenvalue weighted by atomic mass is 32.2. The standard InChI is InChI=1S/C14H19F2NO5S/c1-14(2,3)22-8-11(13(18)21-4)17-23(19,20)12-6-5-9(15)7-10(12)16/h5-7,11,17H,8H2,1-4H3. The summed E-state index contributed by atoms with van der Waals surface area (Å²) in [6.45, 7) is 4.85. The molecule has 0 aliphatic carbocycles. The second-order valence-electron chi connectivity index (χ2n) is 5.70. The first-order valence-corrected chi connectivity index (χ1v) is 8.14. The topological polar surface area (TPSA) is 81.7 Å². The highest BCUT2D eigenvalue weighted by Gasteiger charge is 2.30. The first kappa shape index (κ1) is 19.5. The van der Waals surface area contributed by atoms with Crippen molar-refractivity contribution in [2.75, 3.05) is 13.7 Å². The van der Waals surface area contributed by atoms with Crippen molar-refractivity contribution >= 4 is 16.0 Å². The molecule has 0 aliphatic heterocycles. The Morgan fingerprint density at radius 3 is 2.39 bits per heavy atom. The van der Waals surface area contributed by atoms with Crippen molar-refractivity contribution in [1.29, 1.82) is 0 Å². The molecule has 0 amide bonds. The van der Waals surface area contributed by atoms with Crippen LogP contribution in [0.3, 0.4) is 0 Å². The van der Waals surface area contributed by atoms with Crippen LogP contribution in [0.4, 0.5) is 8.78 Å². The molecule has 1 N–H and O–H groups in total. The monoisotopic (exact) mass is 351 g/mol. The number of hydrogen-bond donors (Lipinski definition) is 1. The molecule has 0 saturated carbocycles. The molecule has 1 aromatic rings. The molecule has 0 bridgehead atoms. The lowest BCUT2D eigenvalue weighted by atomic mass is 10.2. The van der Waals surface area contributed by atoms with Gasteiger partial charge in [0.15, 0.2) is 0 Å².